The predicted molar refractivity (Wildman–Crippen MR) is 78.4 cm³/mol. The minimum absolute atomic E-state index is 0.0554. The Labute approximate surface area is 120 Å². The first kappa shape index (κ1) is 16.4. The Morgan fingerprint density at radius 2 is 2.00 bits per heavy atom. The summed E-state index contributed by atoms with van der Waals surface area (Å²) in [6, 6.07) is 1.67. The summed E-state index contributed by atoms with van der Waals surface area (Å²) in [6.07, 6.45) is 3.82. The summed E-state index contributed by atoms with van der Waals surface area (Å²) in [5.74, 6) is 0.408. The number of aromatic nitrogens is 2. The molecule has 1 unspecified atom stereocenters. The van der Waals surface area contributed by atoms with Crippen LogP contribution >= 0.6 is 0 Å². The summed E-state index contributed by atoms with van der Waals surface area (Å²) < 4.78 is 0. The van der Waals surface area contributed by atoms with Crippen LogP contribution in [0, 0.1) is 5.41 Å². The monoisotopic (exact) mass is 280 g/mol. The Hall–Kier alpha value is -1.69. The van der Waals surface area contributed by atoms with E-state index in [1.165, 1.54) is 0 Å². The van der Waals surface area contributed by atoms with E-state index < -0.39 is 0 Å². The van der Waals surface area contributed by atoms with Gasteiger partial charge in [0.2, 0.25) is 11.9 Å². The van der Waals surface area contributed by atoms with E-state index in [1.54, 1.807) is 30.4 Å². The molecule has 6 nitrogen and oxygen atoms in total. The van der Waals surface area contributed by atoms with E-state index in [-0.39, 0.29) is 30.5 Å². The van der Waals surface area contributed by atoms with Crippen LogP contribution in [0.4, 0.5) is 5.95 Å². The van der Waals surface area contributed by atoms with E-state index in [4.69, 9.17) is 5.11 Å². The average Bonchev–Trinajstić information content (AvgIpc) is 2.38. The van der Waals surface area contributed by atoms with Crippen molar-refractivity contribution in [1.82, 2.24) is 15.3 Å². The van der Waals surface area contributed by atoms with Crippen LogP contribution in [0.25, 0.3) is 0 Å². The largest absolute Gasteiger partial charge is 0.396 e. The molecule has 20 heavy (non-hydrogen) atoms. The molecule has 0 bridgehead atoms. The van der Waals surface area contributed by atoms with Gasteiger partial charge in [-0.2, -0.15) is 0 Å². The summed E-state index contributed by atoms with van der Waals surface area (Å²) in [6.45, 7) is 6.36. The fourth-order valence-electron chi connectivity index (χ4n) is 1.87. The van der Waals surface area contributed by atoms with Crippen LogP contribution in [0.5, 0.6) is 0 Å². The molecule has 0 aliphatic carbocycles. The fraction of sp³-hybridized carbons (Fsp3) is 0.643. The molecule has 0 aliphatic rings. The number of nitrogens with zero attached hydrogens (tertiary/aromatic N) is 3. The maximum Gasteiger partial charge on any atom is 0.239 e. The third kappa shape index (κ3) is 5.13. The molecule has 0 spiro atoms. The molecule has 1 aromatic rings. The van der Waals surface area contributed by atoms with Crippen LogP contribution < -0.4 is 10.2 Å². The molecule has 112 valence electrons. The number of hydrogen-bond donors (Lipinski definition) is 2. The van der Waals surface area contributed by atoms with E-state index in [1.807, 2.05) is 20.8 Å². The van der Waals surface area contributed by atoms with Crippen molar-refractivity contribution in [3.63, 3.8) is 0 Å². The standard InChI is InChI=1S/C14H24N4O2/c1-14(2,3)11(6-9-19)17-12(20)10-18(4)13-15-7-5-8-16-13/h5,7-8,11,19H,6,9-10H2,1-4H3,(H,17,20). The van der Waals surface area contributed by atoms with Gasteiger partial charge in [-0.15, -0.1) is 0 Å². The van der Waals surface area contributed by atoms with Gasteiger partial charge in [-0.25, -0.2) is 9.97 Å². The zero-order valence-corrected chi connectivity index (χ0v) is 12.6. The first-order valence-corrected chi connectivity index (χ1v) is 6.73. The molecule has 0 saturated heterocycles. The SMILES string of the molecule is CN(CC(=O)NC(CCO)C(C)(C)C)c1ncccn1. The van der Waals surface area contributed by atoms with E-state index in [9.17, 15) is 4.79 Å². The van der Waals surface area contributed by atoms with E-state index in [0.29, 0.717) is 12.4 Å². The number of aliphatic hydroxyl groups is 1. The van der Waals surface area contributed by atoms with E-state index in [2.05, 4.69) is 15.3 Å². The van der Waals surface area contributed by atoms with Crippen molar-refractivity contribution in [3.05, 3.63) is 18.5 Å². The number of nitrogens with one attached hydrogen (secondary N) is 1. The number of aliphatic hydroxyl groups excluding tert-OH is 1. The van der Waals surface area contributed by atoms with Crippen LogP contribution in [0.3, 0.4) is 0 Å². The van der Waals surface area contributed by atoms with Crippen molar-refractivity contribution in [2.24, 2.45) is 5.41 Å². The molecule has 0 saturated carbocycles. The van der Waals surface area contributed by atoms with Gasteiger partial charge in [-0.3, -0.25) is 4.79 Å². The van der Waals surface area contributed by atoms with E-state index >= 15 is 0 Å². The molecule has 2 N–H and O–H groups in total. The van der Waals surface area contributed by atoms with Crippen LogP contribution in [0.1, 0.15) is 27.2 Å². The zero-order valence-electron chi connectivity index (χ0n) is 12.6. The van der Waals surface area contributed by atoms with Crippen LogP contribution in [-0.4, -0.2) is 47.2 Å². The van der Waals surface area contributed by atoms with E-state index in [0.717, 1.165) is 0 Å². The van der Waals surface area contributed by atoms with Crippen molar-refractivity contribution in [1.29, 1.82) is 0 Å². The summed E-state index contributed by atoms with van der Waals surface area (Å²) in [4.78, 5) is 21.9. The third-order valence-corrected chi connectivity index (χ3v) is 3.07. The Morgan fingerprint density at radius 1 is 1.40 bits per heavy atom. The first-order chi connectivity index (χ1) is 9.34. The highest BCUT2D eigenvalue weighted by atomic mass is 16.3. The summed E-state index contributed by atoms with van der Waals surface area (Å²) >= 11 is 0. The quantitative estimate of drug-likeness (QED) is 0.807. The molecule has 0 aromatic carbocycles. The minimum Gasteiger partial charge on any atom is -0.396 e. The van der Waals surface area contributed by atoms with Crippen molar-refractivity contribution < 1.29 is 9.90 Å². The zero-order chi connectivity index (χ0) is 15.2. The summed E-state index contributed by atoms with van der Waals surface area (Å²) in [5.41, 5.74) is -0.0970. The predicted octanol–water partition coefficient (Wildman–Crippen LogP) is 0.826. The van der Waals surface area contributed by atoms with Crippen molar-refractivity contribution in [2.45, 2.75) is 33.2 Å². The van der Waals surface area contributed by atoms with Gasteiger partial charge < -0.3 is 15.3 Å². The number of carbonyl (C=O) groups excluding carboxylic acids is 1. The molecule has 1 atom stereocenters. The number of likely N-dealkylation sites (N-methyl/N-ethyl adjacent to an activating group) is 1. The highest BCUT2D eigenvalue weighted by Gasteiger charge is 2.26. The Bertz CT molecular complexity index is 417. The smallest absolute Gasteiger partial charge is 0.239 e. The molecular weight excluding hydrogens is 256 g/mol. The summed E-state index contributed by atoms with van der Waals surface area (Å²) in [5, 5.41) is 12.1. The molecule has 0 aliphatic heterocycles. The lowest BCUT2D eigenvalue weighted by atomic mass is 9.85. The lowest BCUT2D eigenvalue weighted by molar-refractivity contribution is -0.121. The van der Waals surface area contributed by atoms with Gasteiger partial charge in [0.05, 0.1) is 6.54 Å². The van der Waals surface area contributed by atoms with Crippen molar-refractivity contribution in [3.8, 4) is 0 Å². The molecule has 1 rings (SSSR count). The maximum absolute atomic E-state index is 12.1. The molecule has 0 radical (unpaired) electrons. The normalized spacial score (nSPS) is 12.8. The number of anilines is 1. The molecule has 6 heteroatoms. The lowest BCUT2D eigenvalue weighted by Gasteiger charge is -2.31. The number of amides is 1. The van der Waals surface area contributed by atoms with Crippen LogP contribution in [-0.2, 0) is 4.79 Å². The average molecular weight is 280 g/mol. The number of hydrogen-bond acceptors (Lipinski definition) is 5. The second-order valence-electron chi connectivity index (χ2n) is 5.90. The third-order valence-electron chi connectivity index (χ3n) is 3.07. The lowest BCUT2D eigenvalue weighted by Crippen LogP contribution is -2.47. The highest BCUT2D eigenvalue weighted by Crippen LogP contribution is 2.21. The Kier molecular flexibility index (Phi) is 5.88. The van der Waals surface area contributed by atoms with Gasteiger partial charge in [0.15, 0.2) is 0 Å². The van der Waals surface area contributed by atoms with Gasteiger partial charge in [0, 0.05) is 32.1 Å². The Morgan fingerprint density at radius 3 is 2.50 bits per heavy atom. The van der Waals surface area contributed by atoms with Crippen molar-refractivity contribution in [2.75, 3.05) is 25.1 Å². The Balaban J connectivity index is 2.58. The van der Waals surface area contributed by atoms with Gasteiger partial charge in [-0.05, 0) is 17.9 Å². The second kappa shape index (κ2) is 7.19. The van der Waals surface area contributed by atoms with Gasteiger partial charge in [0.25, 0.3) is 0 Å². The minimum atomic E-state index is -0.103. The highest BCUT2D eigenvalue weighted by molar-refractivity contribution is 5.80. The van der Waals surface area contributed by atoms with Gasteiger partial charge in [0.1, 0.15) is 0 Å². The van der Waals surface area contributed by atoms with Crippen molar-refractivity contribution >= 4 is 11.9 Å². The summed E-state index contributed by atoms with van der Waals surface area (Å²) in [7, 11) is 1.77. The number of rotatable bonds is 6. The first-order valence-electron chi connectivity index (χ1n) is 6.73. The van der Waals surface area contributed by atoms with Gasteiger partial charge in [-0.1, -0.05) is 20.8 Å². The molecule has 1 amide bonds. The topological polar surface area (TPSA) is 78.4 Å². The van der Waals surface area contributed by atoms with Crippen LogP contribution in [0.2, 0.25) is 0 Å². The number of carbonyl (C=O) groups is 1. The second-order valence-corrected chi connectivity index (χ2v) is 5.90. The molecular formula is C14H24N4O2. The van der Waals surface area contributed by atoms with Gasteiger partial charge >= 0.3 is 0 Å². The molecule has 0 fully saturated rings. The molecule has 1 heterocycles. The maximum atomic E-state index is 12.1. The fourth-order valence-corrected chi connectivity index (χ4v) is 1.87. The van der Waals surface area contributed by atoms with Crippen LogP contribution in [0.15, 0.2) is 18.5 Å². The molecule has 1 aromatic heterocycles.